The predicted molar refractivity (Wildman–Crippen MR) is 121 cm³/mol. The Morgan fingerprint density at radius 2 is 1.84 bits per heavy atom. The molecular formula is C24H23FN4OS. The second-order valence-electron chi connectivity index (χ2n) is 8.15. The molecule has 1 N–H and O–H groups in total. The van der Waals surface area contributed by atoms with Gasteiger partial charge in [0.15, 0.2) is 0 Å². The van der Waals surface area contributed by atoms with E-state index in [0.717, 1.165) is 46.0 Å². The number of benzene rings is 2. The van der Waals surface area contributed by atoms with E-state index in [-0.39, 0.29) is 11.7 Å². The van der Waals surface area contributed by atoms with Crippen LogP contribution in [0.3, 0.4) is 0 Å². The van der Waals surface area contributed by atoms with Crippen LogP contribution >= 0.6 is 11.3 Å². The summed E-state index contributed by atoms with van der Waals surface area (Å²) < 4.78 is 13.2. The van der Waals surface area contributed by atoms with Crippen molar-refractivity contribution in [3.63, 3.8) is 0 Å². The third kappa shape index (κ3) is 3.85. The molecule has 2 aromatic carbocycles. The molecule has 0 spiro atoms. The third-order valence-electron chi connectivity index (χ3n) is 5.91. The first kappa shape index (κ1) is 19.9. The predicted octanol–water partition coefficient (Wildman–Crippen LogP) is 5.46. The van der Waals surface area contributed by atoms with Crippen LogP contribution < -0.4 is 0 Å². The molecule has 5 nitrogen and oxygen atoms in total. The normalized spacial score (nSPS) is 15.0. The van der Waals surface area contributed by atoms with E-state index in [1.165, 1.54) is 29.0 Å². The van der Waals surface area contributed by atoms with Gasteiger partial charge in [0.2, 0.25) is 0 Å². The van der Waals surface area contributed by atoms with Crippen molar-refractivity contribution in [1.82, 2.24) is 19.9 Å². The minimum absolute atomic E-state index is 0.0297. The summed E-state index contributed by atoms with van der Waals surface area (Å²) in [5.74, 6) is 1.09. The summed E-state index contributed by atoms with van der Waals surface area (Å²) in [6.07, 6.45) is 1.76. The number of aromatic amines is 1. The summed E-state index contributed by atoms with van der Waals surface area (Å²) in [5.41, 5.74) is 4.83. The molecule has 2 aromatic heterocycles. The lowest BCUT2D eigenvalue weighted by atomic mass is 9.96. The molecule has 5 rings (SSSR count). The Balaban J connectivity index is 1.29. The van der Waals surface area contributed by atoms with Crippen LogP contribution in [0.15, 0.2) is 42.5 Å². The molecule has 7 heteroatoms. The van der Waals surface area contributed by atoms with E-state index < -0.39 is 0 Å². The van der Waals surface area contributed by atoms with Gasteiger partial charge in [-0.05, 0) is 68.7 Å². The van der Waals surface area contributed by atoms with Crippen molar-refractivity contribution in [1.29, 1.82) is 0 Å². The molecule has 1 fully saturated rings. The van der Waals surface area contributed by atoms with Gasteiger partial charge in [0.25, 0.3) is 5.91 Å². The van der Waals surface area contributed by atoms with Gasteiger partial charge in [-0.2, -0.15) is 0 Å². The highest BCUT2D eigenvalue weighted by Gasteiger charge is 2.28. The van der Waals surface area contributed by atoms with Gasteiger partial charge in [-0.25, -0.2) is 14.4 Å². The summed E-state index contributed by atoms with van der Waals surface area (Å²) >= 11 is 1.38. The lowest BCUT2D eigenvalue weighted by Gasteiger charge is -2.30. The molecule has 0 saturated carbocycles. The number of aromatic nitrogens is 3. The van der Waals surface area contributed by atoms with Crippen molar-refractivity contribution in [2.24, 2.45) is 0 Å². The first-order valence-electron chi connectivity index (χ1n) is 10.5. The van der Waals surface area contributed by atoms with Crippen LogP contribution in [0.4, 0.5) is 4.39 Å². The van der Waals surface area contributed by atoms with Crippen LogP contribution in [-0.4, -0.2) is 38.8 Å². The Morgan fingerprint density at radius 3 is 2.58 bits per heavy atom. The van der Waals surface area contributed by atoms with E-state index in [2.05, 4.69) is 35.1 Å². The van der Waals surface area contributed by atoms with Crippen molar-refractivity contribution in [2.45, 2.75) is 32.6 Å². The number of carbonyl (C=O) groups is 1. The number of aryl methyl sites for hydroxylation is 2. The largest absolute Gasteiger partial charge is 0.342 e. The number of likely N-dealkylation sites (tertiary alicyclic amines) is 1. The highest BCUT2D eigenvalue weighted by atomic mass is 32.1. The number of halogens is 1. The smallest absolute Gasteiger partial charge is 0.265 e. The lowest BCUT2D eigenvalue weighted by Crippen LogP contribution is -2.38. The van der Waals surface area contributed by atoms with Gasteiger partial charge in [0.05, 0.1) is 16.7 Å². The molecule has 0 atom stereocenters. The van der Waals surface area contributed by atoms with Gasteiger partial charge in [-0.1, -0.05) is 6.07 Å². The molecule has 1 amide bonds. The van der Waals surface area contributed by atoms with Crippen LogP contribution in [0.25, 0.3) is 21.6 Å². The van der Waals surface area contributed by atoms with Gasteiger partial charge in [-0.3, -0.25) is 4.79 Å². The Bertz CT molecular complexity index is 1250. The van der Waals surface area contributed by atoms with Gasteiger partial charge in [0, 0.05) is 24.6 Å². The van der Waals surface area contributed by atoms with Gasteiger partial charge < -0.3 is 9.88 Å². The maximum atomic E-state index is 13.2. The molecule has 0 aliphatic carbocycles. The van der Waals surface area contributed by atoms with E-state index >= 15 is 0 Å². The van der Waals surface area contributed by atoms with Crippen molar-refractivity contribution >= 4 is 28.3 Å². The fourth-order valence-electron chi connectivity index (χ4n) is 4.15. The Morgan fingerprint density at radius 1 is 1.10 bits per heavy atom. The Labute approximate surface area is 184 Å². The number of rotatable bonds is 3. The average Bonchev–Trinajstić information content (AvgIpc) is 3.37. The number of H-pyrrole nitrogens is 1. The summed E-state index contributed by atoms with van der Waals surface area (Å²) in [7, 11) is 0. The van der Waals surface area contributed by atoms with E-state index in [1.807, 2.05) is 11.8 Å². The number of hydrogen-bond donors (Lipinski definition) is 1. The summed E-state index contributed by atoms with van der Waals surface area (Å²) in [4.78, 5) is 28.5. The van der Waals surface area contributed by atoms with E-state index in [4.69, 9.17) is 4.98 Å². The minimum atomic E-state index is -0.282. The molecule has 31 heavy (non-hydrogen) atoms. The Kier molecular flexibility index (Phi) is 5.06. The molecule has 0 unspecified atom stereocenters. The van der Waals surface area contributed by atoms with Crippen LogP contribution in [0.1, 0.15) is 45.5 Å². The first-order valence-corrected chi connectivity index (χ1v) is 11.3. The molecule has 3 heterocycles. The summed E-state index contributed by atoms with van der Waals surface area (Å²) in [6, 6.07) is 12.5. The maximum absolute atomic E-state index is 13.2. The number of carbonyl (C=O) groups excluding carboxylic acids is 1. The molecule has 4 aromatic rings. The fourth-order valence-corrected chi connectivity index (χ4v) is 5.19. The summed E-state index contributed by atoms with van der Waals surface area (Å²) in [6.45, 7) is 5.33. The van der Waals surface area contributed by atoms with E-state index in [0.29, 0.717) is 23.9 Å². The second kappa shape index (κ2) is 7.89. The fraction of sp³-hybridized carbons (Fsp3) is 0.292. The molecular weight excluding hydrogens is 411 g/mol. The molecule has 0 radical (unpaired) electrons. The number of nitrogens with one attached hydrogen (secondary N) is 1. The Hall–Kier alpha value is -3.06. The highest BCUT2D eigenvalue weighted by molar-refractivity contribution is 7.17. The molecule has 158 valence electrons. The van der Waals surface area contributed by atoms with Crippen molar-refractivity contribution < 1.29 is 9.18 Å². The van der Waals surface area contributed by atoms with Crippen LogP contribution in [-0.2, 0) is 0 Å². The number of nitrogens with zero attached hydrogens (tertiary/aromatic N) is 3. The number of amides is 1. The van der Waals surface area contributed by atoms with Crippen molar-refractivity contribution in [3.8, 4) is 10.6 Å². The van der Waals surface area contributed by atoms with E-state index in [1.54, 1.807) is 12.1 Å². The SMILES string of the molecule is Cc1ccc2nc(C3CCN(C(=O)c4sc(-c5ccc(F)cc5)nc4C)CC3)[nH]c2c1. The zero-order valence-corrected chi connectivity index (χ0v) is 18.3. The van der Waals surface area contributed by atoms with Crippen molar-refractivity contribution in [2.75, 3.05) is 13.1 Å². The quantitative estimate of drug-likeness (QED) is 0.466. The minimum Gasteiger partial charge on any atom is -0.342 e. The van der Waals surface area contributed by atoms with Crippen LogP contribution in [0.5, 0.6) is 0 Å². The molecule has 1 aliphatic heterocycles. The zero-order valence-electron chi connectivity index (χ0n) is 17.5. The van der Waals surface area contributed by atoms with Gasteiger partial charge >= 0.3 is 0 Å². The van der Waals surface area contributed by atoms with Crippen molar-refractivity contribution in [3.05, 3.63) is 70.2 Å². The van der Waals surface area contributed by atoms with Crippen LogP contribution in [0.2, 0.25) is 0 Å². The number of hydrogen-bond acceptors (Lipinski definition) is 4. The number of imidazole rings is 1. The second-order valence-corrected chi connectivity index (χ2v) is 9.15. The molecule has 0 bridgehead atoms. The summed E-state index contributed by atoms with van der Waals surface area (Å²) in [5, 5.41) is 0.744. The first-order chi connectivity index (χ1) is 15.0. The standard InChI is InChI=1S/C24H23FN4OS/c1-14-3-8-19-20(13-14)28-22(27-19)16-9-11-29(12-10-16)24(30)21-15(2)26-23(31-21)17-4-6-18(25)7-5-17/h3-8,13,16H,9-12H2,1-2H3,(H,27,28). The number of fused-ring (bicyclic) bond motifs is 1. The maximum Gasteiger partial charge on any atom is 0.265 e. The monoisotopic (exact) mass is 434 g/mol. The average molecular weight is 435 g/mol. The number of piperidine rings is 1. The van der Waals surface area contributed by atoms with E-state index in [9.17, 15) is 9.18 Å². The number of thiazole rings is 1. The molecule has 1 aliphatic rings. The molecule has 1 saturated heterocycles. The zero-order chi connectivity index (χ0) is 21.5. The third-order valence-corrected chi connectivity index (χ3v) is 7.10. The topological polar surface area (TPSA) is 61.9 Å². The van der Waals surface area contributed by atoms with Gasteiger partial charge in [0.1, 0.15) is 21.5 Å². The van der Waals surface area contributed by atoms with Crippen LogP contribution in [0, 0.1) is 19.7 Å². The highest BCUT2D eigenvalue weighted by Crippen LogP contribution is 2.32. The van der Waals surface area contributed by atoms with Gasteiger partial charge in [-0.15, -0.1) is 11.3 Å². The lowest BCUT2D eigenvalue weighted by molar-refractivity contribution is 0.0715.